The average Bonchev–Trinajstić information content (AvgIpc) is 3.43. The molecule has 2 aromatic heterocycles. The summed E-state index contributed by atoms with van der Waals surface area (Å²) >= 11 is 0. The smallest absolute Gasteiger partial charge is 0.297 e. The van der Waals surface area contributed by atoms with Gasteiger partial charge in [-0.2, -0.15) is 4.98 Å². The van der Waals surface area contributed by atoms with E-state index in [9.17, 15) is 0 Å². The molecule has 1 aliphatic rings. The highest BCUT2D eigenvalue weighted by molar-refractivity contribution is 5.67. The molecule has 0 aliphatic carbocycles. The number of hydrogen-bond donors (Lipinski definition) is 1. The van der Waals surface area contributed by atoms with Crippen LogP contribution in [0.25, 0.3) is 23.1 Å². The van der Waals surface area contributed by atoms with Crippen molar-refractivity contribution in [3.05, 3.63) is 18.5 Å². The van der Waals surface area contributed by atoms with Gasteiger partial charge in [-0.25, -0.2) is 9.67 Å². The van der Waals surface area contributed by atoms with Gasteiger partial charge < -0.3 is 24.1 Å². The standard InChI is InChI=1S/C18H22N6O4/c1-25-13-7-11(8-14(26-2)15(13)27-3)16-21-18(28-23-16)17-20-10-24(22-17)12-5-4-6-19-9-12/h7-8,10,12,19H,4-6,9H2,1-3H3. The second-order valence-electron chi connectivity index (χ2n) is 6.39. The maximum atomic E-state index is 5.38. The van der Waals surface area contributed by atoms with Crippen molar-refractivity contribution in [1.82, 2.24) is 30.2 Å². The molecule has 1 N–H and O–H groups in total. The van der Waals surface area contributed by atoms with Crippen LogP contribution in [0.2, 0.25) is 0 Å². The second kappa shape index (κ2) is 7.85. The Bertz CT molecular complexity index is 922. The molecule has 10 heteroatoms. The number of ether oxygens (including phenoxy) is 3. The summed E-state index contributed by atoms with van der Waals surface area (Å²) in [4.78, 5) is 8.75. The Morgan fingerprint density at radius 3 is 2.54 bits per heavy atom. The summed E-state index contributed by atoms with van der Waals surface area (Å²) < 4.78 is 23.3. The summed E-state index contributed by atoms with van der Waals surface area (Å²) in [6, 6.07) is 3.80. The Balaban J connectivity index is 1.62. The summed E-state index contributed by atoms with van der Waals surface area (Å²) in [5, 5.41) is 11.9. The quantitative estimate of drug-likeness (QED) is 0.679. The lowest BCUT2D eigenvalue weighted by Gasteiger charge is -2.22. The first-order valence-electron chi connectivity index (χ1n) is 8.99. The number of methoxy groups -OCH3 is 3. The van der Waals surface area contributed by atoms with Crippen LogP contribution in [0.5, 0.6) is 17.2 Å². The Kier molecular flexibility index (Phi) is 5.11. The van der Waals surface area contributed by atoms with Gasteiger partial charge in [0.2, 0.25) is 17.4 Å². The third-order valence-electron chi connectivity index (χ3n) is 4.69. The summed E-state index contributed by atoms with van der Waals surface area (Å²) in [6.07, 6.45) is 3.89. The zero-order valence-corrected chi connectivity index (χ0v) is 16.0. The molecule has 3 heterocycles. The van der Waals surface area contributed by atoms with Crippen LogP contribution in [0.15, 0.2) is 23.0 Å². The van der Waals surface area contributed by atoms with Crippen LogP contribution in [-0.4, -0.2) is 59.3 Å². The van der Waals surface area contributed by atoms with Gasteiger partial charge in [0.15, 0.2) is 11.5 Å². The minimum absolute atomic E-state index is 0.256. The Morgan fingerprint density at radius 2 is 1.89 bits per heavy atom. The highest BCUT2D eigenvalue weighted by Gasteiger charge is 2.21. The molecule has 148 valence electrons. The van der Waals surface area contributed by atoms with E-state index in [4.69, 9.17) is 18.7 Å². The summed E-state index contributed by atoms with van der Waals surface area (Å²) in [5.74, 6) is 2.55. The van der Waals surface area contributed by atoms with Crippen LogP contribution < -0.4 is 19.5 Å². The number of hydrogen-bond acceptors (Lipinski definition) is 9. The lowest BCUT2D eigenvalue weighted by atomic mass is 10.1. The van der Waals surface area contributed by atoms with Gasteiger partial charge in [0, 0.05) is 12.1 Å². The van der Waals surface area contributed by atoms with E-state index in [-0.39, 0.29) is 11.9 Å². The van der Waals surface area contributed by atoms with Crippen molar-refractivity contribution in [2.75, 3.05) is 34.4 Å². The van der Waals surface area contributed by atoms with Crippen LogP contribution in [0.3, 0.4) is 0 Å². The van der Waals surface area contributed by atoms with Gasteiger partial charge in [0.05, 0.1) is 27.4 Å². The molecule has 1 fully saturated rings. The number of aromatic nitrogens is 5. The Morgan fingerprint density at radius 1 is 1.11 bits per heavy atom. The third kappa shape index (κ3) is 3.38. The minimum Gasteiger partial charge on any atom is -0.493 e. The van der Waals surface area contributed by atoms with Crippen molar-refractivity contribution < 1.29 is 18.7 Å². The highest BCUT2D eigenvalue weighted by atomic mass is 16.5. The van der Waals surface area contributed by atoms with E-state index in [1.807, 2.05) is 4.68 Å². The van der Waals surface area contributed by atoms with E-state index in [1.54, 1.807) is 39.8 Å². The van der Waals surface area contributed by atoms with Gasteiger partial charge in [-0.05, 0) is 31.5 Å². The molecular weight excluding hydrogens is 364 g/mol. The lowest BCUT2D eigenvalue weighted by molar-refractivity contribution is 0.324. The third-order valence-corrected chi connectivity index (χ3v) is 4.69. The predicted molar refractivity (Wildman–Crippen MR) is 99.5 cm³/mol. The van der Waals surface area contributed by atoms with E-state index >= 15 is 0 Å². The molecule has 4 rings (SSSR count). The van der Waals surface area contributed by atoms with Crippen molar-refractivity contribution >= 4 is 0 Å². The fourth-order valence-electron chi connectivity index (χ4n) is 3.25. The van der Waals surface area contributed by atoms with Crippen LogP contribution in [0, 0.1) is 0 Å². The van der Waals surface area contributed by atoms with Gasteiger partial charge in [0.25, 0.3) is 5.89 Å². The van der Waals surface area contributed by atoms with Gasteiger partial charge in [0.1, 0.15) is 6.33 Å². The van der Waals surface area contributed by atoms with Gasteiger partial charge >= 0.3 is 0 Å². The van der Waals surface area contributed by atoms with Crippen LogP contribution in [0.4, 0.5) is 0 Å². The number of nitrogens with one attached hydrogen (secondary N) is 1. The second-order valence-corrected chi connectivity index (χ2v) is 6.39. The molecule has 0 spiro atoms. The average molecular weight is 386 g/mol. The molecule has 28 heavy (non-hydrogen) atoms. The molecule has 3 aromatic rings. The molecule has 1 unspecified atom stereocenters. The number of piperidine rings is 1. The van der Waals surface area contributed by atoms with Gasteiger partial charge in [-0.1, -0.05) is 5.16 Å². The molecule has 10 nitrogen and oxygen atoms in total. The largest absolute Gasteiger partial charge is 0.493 e. The first-order valence-corrected chi connectivity index (χ1v) is 8.99. The van der Waals surface area contributed by atoms with Gasteiger partial charge in [-0.15, -0.1) is 5.10 Å². The fourth-order valence-corrected chi connectivity index (χ4v) is 3.25. The molecule has 0 saturated carbocycles. The molecule has 1 atom stereocenters. The van der Waals surface area contributed by atoms with Crippen molar-refractivity contribution in [2.24, 2.45) is 0 Å². The first-order chi connectivity index (χ1) is 13.7. The van der Waals surface area contributed by atoms with Crippen LogP contribution >= 0.6 is 0 Å². The Hall–Kier alpha value is -3.14. The van der Waals surface area contributed by atoms with Crippen molar-refractivity contribution in [1.29, 1.82) is 0 Å². The van der Waals surface area contributed by atoms with Gasteiger partial charge in [-0.3, -0.25) is 0 Å². The van der Waals surface area contributed by atoms with Crippen molar-refractivity contribution in [2.45, 2.75) is 18.9 Å². The highest BCUT2D eigenvalue weighted by Crippen LogP contribution is 2.40. The normalized spacial score (nSPS) is 16.8. The molecule has 1 saturated heterocycles. The van der Waals surface area contributed by atoms with E-state index in [0.29, 0.717) is 34.5 Å². The van der Waals surface area contributed by atoms with Crippen LogP contribution in [-0.2, 0) is 0 Å². The zero-order valence-electron chi connectivity index (χ0n) is 16.0. The molecule has 1 aromatic carbocycles. The van der Waals surface area contributed by atoms with E-state index < -0.39 is 0 Å². The molecule has 1 aliphatic heterocycles. The maximum Gasteiger partial charge on any atom is 0.297 e. The molecule has 0 amide bonds. The SMILES string of the molecule is COc1cc(-c2noc(-c3ncn(C4CCCNC4)n3)n2)cc(OC)c1OC. The van der Waals surface area contributed by atoms with Crippen LogP contribution in [0.1, 0.15) is 18.9 Å². The first kappa shape index (κ1) is 18.2. The predicted octanol–water partition coefficient (Wildman–Crippen LogP) is 1.95. The number of benzene rings is 1. The molecule has 0 radical (unpaired) electrons. The topological polar surface area (TPSA) is 109 Å². The summed E-state index contributed by atoms with van der Waals surface area (Å²) in [7, 11) is 4.66. The van der Waals surface area contributed by atoms with E-state index in [0.717, 1.165) is 25.9 Å². The summed E-state index contributed by atoms with van der Waals surface area (Å²) in [6.45, 7) is 1.92. The van der Waals surface area contributed by atoms with Crippen molar-refractivity contribution in [3.63, 3.8) is 0 Å². The maximum absolute atomic E-state index is 5.38. The Labute approximate surface area is 161 Å². The number of rotatable bonds is 6. The molecular formula is C18H22N6O4. The van der Waals surface area contributed by atoms with Crippen molar-refractivity contribution in [3.8, 4) is 40.4 Å². The lowest BCUT2D eigenvalue weighted by Crippen LogP contribution is -2.31. The molecule has 0 bridgehead atoms. The monoisotopic (exact) mass is 386 g/mol. The number of nitrogens with zero attached hydrogens (tertiary/aromatic N) is 5. The summed E-state index contributed by atoms with van der Waals surface area (Å²) in [5.41, 5.74) is 0.667. The fraction of sp³-hybridized carbons (Fsp3) is 0.444. The van der Waals surface area contributed by atoms with E-state index in [1.165, 1.54) is 0 Å². The zero-order chi connectivity index (χ0) is 19.5. The minimum atomic E-state index is 0.256. The van der Waals surface area contributed by atoms with E-state index in [2.05, 4.69) is 25.5 Å².